The Bertz CT molecular complexity index is 564. The van der Waals surface area contributed by atoms with Crippen molar-refractivity contribution in [3.05, 3.63) is 65.2 Å². The molecule has 0 fully saturated rings. The summed E-state index contributed by atoms with van der Waals surface area (Å²) in [6.45, 7) is 0. The molecule has 0 aliphatic heterocycles. The molecule has 0 radical (unpaired) electrons. The Morgan fingerprint density at radius 1 is 1.00 bits per heavy atom. The zero-order valence-corrected chi connectivity index (χ0v) is 10.2. The van der Waals surface area contributed by atoms with Crippen LogP contribution in [-0.4, -0.2) is 16.3 Å². The van der Waals surface area contributed by atoms with Gasteiger partial charge in [0.15, 0.2) is 0 Å². The fourth-order valence-electron chi connectivity index (χ4n) is 1.89. The predicted molar refractivity (Wildman–Crippen MR) is 70.0 cm³/mol. The van der Waals surface area contributed by atoms with Crippen LogP contribution < -0.4 is 0 Å². The highest BCUT2D eigenvalue weighted by atomic mass is 17.1. The van der Waals surface area contributed by atoms with Crippen LogP contribution in [0, 0.1) is 0 Å². The van der Waals surface area contributed by atoms with Gasteiger partial charge in [0.2, 0.25) is 0 Å². The summed E-state index contributed by atoms with van der Waals surface area (Å²) in [5.41, 5.74) is 2.07. The van der Waals surface area contributed by atoms with Gasteiger partial charge in [-0.25, -0.2) is 4.79 Å². The molecule has 0 atom stereocenters. The standard InChI is InChI=1S/C15H14O4/c16-14-10-12(8-9-13(14)15(17)19-18)7-6-11-4-2-1-3-5-11/h1-5,8-10,16,18H,6-7H2. The van der Waals surface area contributed by atoms with Crippen LogP contribution >= 0.6 is 0 Å². The fourth-order valence-corrected chi connectivity index (χ4v) is 1.89. The predicted octanol–water partition coefficient (Wildman–Crippen LogP) is 2.81. The van der Waals surface area contributed by atoms with Crippen LogP contribution in [0.5, 0.6) is 5.75 Å². The Hall–Kier alpha value is -2.33. The summed E-state index contributed by atoms with van der Waals surface area (Å²) in [5.74, 6) is -1.16. The number of aryl methyl sites for hydroxylation is 2. The van der Waals surface area contributed by atoms with E-state index >= 15 is 0 Å². The average molecular weight is 258 g/mol. The van der Waals surface area contributed by atoms with E-state index in [1.165, 1.54) is 17.7 Å². The Kier molecular flexibility index (Phi) is 4.15. The SMILES string of the molecule is O=C(OO)c1ccc(CCc2ccccc2)cc1O. The van der Waals surface area contributed by atoms with E-state index in [0.717, 1.165) is 18.4 Å². The minimum Gasteiger partial charge on any atom is -0.507 e. The molecule has 0 aliphatic rings. The van der Waals surface area contributed by atoms with E-state index in [-0.39, 0.29) is 11.3 Å². The monoisotopic (exact) mass is 258 g/mol. The van der Waals surface area contributed by atoms with Crippen LogP contribution in [0.15, 0.2) is 48.5 Å². The third kappa shape index (κ3) is 3.33. The number of benzene rings is 2. The molecule has 0 spiro atoms. The van der Waals surface area contributed by atoms with Crippen LogP contribution in [-0.2, 0) is 17.7 Å². The molecule has 2 aromatic carbocycles. The zero-order valence-electron chi connectivity index (χ0n) is 10.2. The summed E-state index contributed by atoms with van der Waals surface area (Å²) in [7, 11) is 0. The summed E-state index contributed by atoms with van der Waals surface area (Å²) in [6.07, 6.45) is 1.61. The van der Waals surface area contributed by atoms with Gasteiger partial charge in [-0.2, -0.15) is 5.26 Å². The molecule has 0 heterocycles. The number of hydrogen-bond acceptors (Lipinski definition) is 4. The third-order valence-corrected chi connectivity index (χ3v) is 2.91. The van der Waals surface area contributed by atoms with E-state index in [1.54, 1.807) is 6.07 Å². The maximum atomic E-state index is 11.1. The van der Waals surface area contributed by atoms with Crippen molar-refractivity contribution in [2.75, 3.05) is 0 Å². The fraction of sp³-hybridized carbons (Fsp3) is 0.133. The summed E-state index contributed by atoms with van der Waals surface area (Å²) in [6, 6.07) is 14.7. The highest BCUT2D eigenvalue weighted by Gasteiger charge is 2.12. The normalized spacial score (nSPS) is 10.2. The van der Waals surface area contributed by atoms with Gasteiger partial charge in [-0.1, -0.05) is 36.4 Å². The first kappa shape index (κ1) is 13.1. The van der Waals surface area contributed by atoms with E-state index in [4.69, 9.17) is 5.26 Å². The first-order chi connectivity index (χ1) is 9.20. The lowest BCUT2D eigenvalue weighted by Gasteiger charge is -2.05. The lowest BCUT2D eigenvalue weighted by atomic mass is 10.0. The lowest BCUT2D eigenvalue weighted by molar-refractivity contribution is -0.182. The van der Waals surface area contributed by atoms with Crippen molar-refractivity contribution in [2.45, 2.75) is 12.8 Å². The van der Waals surface area contributed by atoms with E-state index in [2.05, 4.69) is 4.89 Å². The summed E-state index contributed by atoms with van der Waals surface area (Å²) in [4.78, 5) is 14.7. The van der Waals surface area contributed by atoms with Crippen molar-refractivity contribution in [3.63, 3.8) is 0 Å². The lowest BCUT2D eigenvalue weighted by Crippen LogP contribution is -2.02. The van der Waals surface area contributed by atoms with Crippen molar-refractivity contribution < 1.29 is 20.0 Å². The van der Waals surface area contributed by atoms with Crippen molar-refractivity contribution >= 4 is 5.97 Å². The van der Waals surface area contributed by atoms with Gasteiger partial charge in [0.1, 0.15) is 11.3 Å². The van der Waals surface area contributed by atoms with Gasteiger partial charge in [-0.3, -0.25) is 4.89 Å². The second-order valence-electron chi connectivity index (χ2n) is 4.22. The molecular weight excluding hydrogens is 244 g/mol. The molecule has 0 saturated carbocycles. The van der Waals surface area contributed by atoms with Crippen molar-refractivity contribution in [1.82, 2.24) is 0 Å². The van der Waals surface area contributed by atoms with E-state index in [0.29, 0.717) is 0 Å². The van der Waals surface area contributed by atoms with Crippen molar-refractivity contribution in [1.29, 1.82) is 0 Å². The van der Waals surface area contributed by atoms with Crippen LogP contribution in [0.2, 0.25) is 0 Å². The molecule has 0 saturated heterocycles. The number of aromatic hydroxyl groups is 1. The van der Waals surface area contributed by atoms with Gasteiger partial charge in [0.25, 0.3) is 0 Å². The molecule has 0 amide bonds. The Balaban J connectivity index is 2.06. The molecule has 4 heteroatoms. The van der Waals surface area contributed by atoms with Gasteiger partial charge >= 0.3 is 5.97 Å². The van der Waals surface area contributed by atoms with Gasteiger partial charge < -0.3 is 5.11 Å². The molecule has 2 aromatic rings. The average Bonchev–Trinajstić information content (AvgIpc) is 2.45. The highest BCUT2D eigenvalue weighted by molar-refractivity contribution is 5.91. The molecule has 19 heavy (non-hydrogen) atoms. The molecular formula is C15H14O4. The number of rotatable bonds is 4. The molecule has 0 unspecified atom stereocenters. The third-order valence-electron chi connectivity index (χ3n) is 2.91. The molecule has 2 rings (SSSR count). The second kappa shape index (κ2) is 6.02. The van der Waals surface area contributed by atoms with Gasteiger partial charge in [-0.05, 0) is 36.1 Å². The van der Waals surface area contributed by atoms with E-state index in [1.807, 2.05) is 30.3 Å². The number of carbonyl (C=O) groups is 1. The Morgan fingerprint density at radius 3 is 2.32 bits per heavy atom. The molecule has 4 nitrogen and oxygen atoms in total. The Morgan fingerprint density at radius 2 is 1.68 bits per heavy atom. The number of carbonyl (C=O) groups excluding carboxylic acids is 1. The highest BCUT2D eigenvalue weighted by Crippen LogP contribution is 2.20. The van der Waals surface area contributed by atoms with Crippen LogP contribution in [0.25, 0.3) is 0 Å². The van der Waals surface area contributed by atoms with Crippen molar-refractivity contribution in [3.8, 4) is 5.75 Å². The summed E-state index contributed by atoms with van der Waals surface area (Å²) >= 11 is 0. The number of hydrogen-bond donors (Lipinski definition) is 2. The quantitative estimate of drug-likeness (QED) is 0.653. The van der Waals surface area contributed by atoms with Crippen LogP contribution in [0.1, 0.15) is 21.5 Å². The van der Waals surface area contributed by atoms with Crippen LogP contribution in [0.4, 0.5) is 0 Å². The van der Waals surface area contributed by atoms with Gasteiger partial charge in [0.05, 0.1) is 0 Å². The minimum atomic E-state index is -0.966. The Labute approximate surface area is 110 Å². The molecule has 0 bridgehead atoms. The largest absolute Gasteiger partial charge is 0.507 e. The first-order valence-corrected chi connectivity index (χ1v) is 5.92. The second-order valence-corrected chi connectivity index (χ2v) is 4.22. The van der Waals surface area contributed by atoms with Gasteiger partial charge in [0, 0.05) is 0 Å². The van der Waals surface area contributed by atoms with E-state index in [9.17, 15) is 9.90 Å². The topological polar surface area (TPSA) is 66.8 Å². The molecule has 0 aliphatic carbocycles. The smallest absolute Gasteiger partial charge is 0.376 e. The summed E-state index contributed by atoms with van der Waals surface area (Å²) in [5, 5.41) is 18.0. The minimum absolute atomic E-state index is 0.0500. The number of phenols is 1. The van der Waals surface area contributed by atoms with E-state index < -0.39 is 5.97 Å². The van der Waals surface area contributed by atoms with Crippen molar-refractivity contribution in [2.24, 2.45) is 0 Å². The summed E-state index contributed by atoms with van der Waals surface area (Å²) < 4.78 is 0. The molecule has 2 N–H and O–H groups in total. The van der Waals surface area contributed by atoms with Gasteiger partial charge in [-0.15, -0.1) is 0 Å². The molecule has 98 valence electrons. The molecule has 0 aromatic heterocycles. The maximum absolute atomic E-state index is 11.1. The van der Waals surface area contributed by atoms with Crippen LogP contribution in [0.3, 0.4) is 0 Å². The zero-order chi connectivity index (χ0) is 13.7. The first-order valence-electron chi connectivity index (χ1n) is 5.92. The maximum Gasteiger partial charge on any atom is 0.376 e. The number of phenolic OH excluding ortho intramolecular Hbond substituents is 1.